The number of hydrogen-bond acceptors (Lipinski definition) is 6. The van der Waals surface area contributed by atoms with E-state index in [0.29, 0.717) is 26.3 Å². The van der Waals surface area contributed by atoms with Gasteiger partial charge in [-0.05, 0) is 23.8 Å². The Morgan fingerprint density at radius 2 is 2.12 bits per heavy atom. The monoisotopic (exact) mass is 379 g/mol. The summed E-state index contributed by atoms with van der Waals surface area (Å²) < 4.78 is 19.0. The fourth-order valence-electron chi connectivity index (χ4n) is 2.89. The second-order valence-electron chi connectivity index (χ2n) is 5.82. The molecule has 1 aliphatic heterocycles. The summed E-state index contributed by atoms with van der Waals surface area (Å²) in [6, 6.07) is 8.85. The largest absolute Gasteiger partial charge is 0.379 e. The Kier molecular flexibility index (Phi) is 5.92. The normalized spacial score (nSPS) is 16.2. The predicted molar refractivity (Wildman–Crippen MR) is 94.8 cm³/mol. The summed E-state index contributed by atoms with van der Waals surface area (Å²) in [7, 11) is 0. The molecule has 1 aromatic carbocycles. The molecular weight excluding hydrogens is 361 g/mol. The van der Waals surface area contributed by atoms with E-state index in [0.717, 1.165) is 16.9 Å². The molecule has 9 heteroatoms. The van der Waals surface area contributed by atoms with Crippen molar-refractivity contribution in [3.8, 4) is 0 Å². The molecule has 1 N–H and O–H groups in total. The summed E-state index contributed by atoms with van der Waals surface area (Å²) in [6.07, 6.45) is 0. The van der Waals surface area contributed by atoms with Crippen LogP contribution < -0.4 is 5.32 Å². The zero-order valence-electron chi connectivity index (χ0n) is 13.9. The van der Waals surface area contributed by atoms with E-state index in [1.807, 2.05) is 6.07 Å². The number of thiophene rings is 1. The maximum atomic E-state index is 13.6. The summed E-state index contributed by atoms with van der Waals surface area (Å²) in [5, 5.41) is 13.5. The van der Waals surface area contributed by atoms with Crippen LogP contribution in [-0.2, 0) is 4.74 Å². The zero-order valence-corrected chi connectivity index (χ0v) is 14.7. The smallest absolute Gasteiger partial charge is 0.324 e. The van der Waals surface area contributed by atoms with Crippen LogP contribution in [0.4, 0.5) is 9.39 Å². The van der Waals surface area contributed by atoms with Crippen molar-refractivity contribution in [1.29, 1.82) is 0 Å². The second-order valence-corrected chi connectivity index (χ2v) is 6.89. The van der Waals surface area contributed by atoms with Gasteiger partial charge in [0.25, 0.3) is 5.91 Å². The third kappa shape index (κ3) is 4.43. The number of carbonyl (C=O) groups is 1. The lowest BCUT2D eigenvalue weighted by molar-refractivity contribution is -0.380. The van der Waals surface area contributed by atoms with E-state index >= 15 is 0 Å². The Bertz CT molecular complexity index is 792. The van der Waals surface area contributed by atoms with E-state index in [2.05, 4.69) is 10.2 Å². The maximum Gasteiger partial charge on any atom is 0.324 e. The number of nitro groups is 1. The first-order chi connectivity index (χ1) is 12.5. The number of ether oxygens (including phenoxy) is 1. The highest BCUT2D eigenvalue weighted by molar-refractivity contribution is 7.17. The van der Waals surface area contributed by atoms with E-state index in [4.69, 9.17) is 4.74 Å². The Balaban J connectivity index is 1.72. The molecule has 1 unspecified atom stereocenters. The summed E-state index contributed by atoms with van der Waals surface area (Å²) in [5.74, 6) is -0.710. The van der Waals surface area contributed by atoms with Gasteiger partial charge in [-0.25, -0.2) is 4.39 Å². The van der Waals surface area contributed by atoms with Crippen molar-refractivity contribution in [1.82, 2.24) is 10.2 Å². The molecule has 0 saturated carbocycles. The number of morpholine rings is 1. The van der Waals surface area contributed by atoms with Gasteiger partial charge in [0.1, 0.15) is 5.82 Å². The van der Waals surface area contributed by atoms with Crippen molar-refractivity contribution in [2.45, 2.75) is 6.04 Å². The van der Waals surface area contributed by atoms with Crippen LogP contribution in [0.5, 0.6) is 0 Å². The minimum Gasteiger partial charge on any atom is -0.379 e. The molecule has 1 aliphatic rings. The minimum absolute atomic E-state index is 0.0787. The van der Waals surface area contributed by atoms with Gasteiger partial charge in [-0.3, -0.25) is 19.8 Å². The topological polar surface area (TPSA) is 84.7 Å². The highest BCUT2D eigenvalue weighted by Gasteiger charge is 2.24. The molecule has 2 heterocycles. The zero-order chi connectivity index (χ0) is 18.5. The SMILES string of the molecule is O=C(NCC(c1cccc(F)c1)N1CCOCC1)c1ccc([N+](=O)[O-])s1. The van der Waals surface area contributed by atoms with E-state index in [1.165, 1.54) is 24.3 Å². The summed E-state index contributed by atoms with van der Waals surface area (Å²) in [4.78, 5) is 25.0. The quantitative estimate of drug-likeness (QED) is 0.616. The minimum atomic E-state index is -0.523. The van der Waals surface area contributed by atoms with Crippen LogP contribution in [0.3, 0.4) is 0 Å². The lowest BCUT2D eigenvalue weighted by atomic mass is 10.0. The number of amides is 1. The average Bonchev–Trinajstić information content (AvgIpc) is 3.13. The number of rotatable bonds is 6. The molecule has 0 radical (unpaired) electrons. The molecule has 1 aromatic heterocycles. The van der Waals surface area contributed by atoms with Gasteiger partial charge in [-0.2, -0.15) is 0 Å². The molecule has 1 amide bonds. The lowest BCUT2D eigenvalue weighted by Crippen LogP contribution is -2.43. The van der Waals surface area contributed by atoms with Crippen molar-refractivity contribution >= 4 is 22.2 Å². The standard InChI is InChI=1S/C17H18FN3O4S/c18-13-3-1-2-12(10-13)14(20-6-8-25-9-7-20)11-19-17(22)15-4-5-16(26-15)21(23)24/h1-5,10,14H,6-9,11H2,(H,19,22). The van der Waals surface area contributed by atoms with E-state index in [9.17, 15) is 19.3 Å². The highest BCUT2D eigenvalue weighted by atomic mass is 32.1. The van der Waals surface area contributed by atoms with E-state index in [-0.39, 0.29) is 34.2 Å². The molecule has 3 rings (SSSR count). The van der Waals surface area contributed by atoms with Crippen LogP contribution in [0.1, 0.15) is 21.3 Å². The number of carbonyl (C=O) groups excluding carboxylic acids is 1. The van der Waals surface area contributed by atoms with Crippen LogP contribution in [0.2, 0.25) is 0 Å². The van der Waals surface area contributed by atoms with Gasteiger partial charge in [0.2, 0.25) is 0 Å². The van der Waals surface area contributed by atoms with Crippen LogP contribution in [0.15, 0.2) is 36.4 Å². The van der Waals surface area contributed by atoms with Crippen molar-refractivity contribution in [3.05, 3.63) is 62.8 Å². The number of nitrogens with one attached hydrogen (secondary N) is 1. The molecule has 0 bridgehead atoms. The lowest BCUT2D eigenvalue weighted by Gasteiger charge is -2.34. The molecule has 2 aromatic rings. The fourth-order valence-corrected chi connectivity index (χ4v) is 3.62. The van der Waals surface area contributed by atoms with Crippen molar-refractivity contribution in [2.75, 3.05) is 32.8 Å². The maximum absolute atomic E-state index is 13.6. The Morgan fingerprint density at radius 3 is 2.77 bits per heavy atom. The van der Waals surface area contributed by atoms with Gasteiger partial charge in [0.05, 0.1) is 29.1 Å². The van der Waals surface area contributed by atoms with Crippen molar-refractivity contribution < 1.29 is 18.8 Å². The van der Waals surface area contributed by atoms with E-state index in [1.54, 1.807) is 6.07 Å². The fraction of sp³-hybridized carbons (Fsp3) is 0.353. The predicted octanol–water partition coefficient (Wildman–Crippen LogP) is 2.60. The van der Waals surface area contributed by atoms with Crippen molar-refractivity contribution in [2.24, 2.45) is 0 Å². The third-order valence-corrected chi connectivity index (χ3v) is 5.21. The first-order valence-electron chi connectivity index (χ1n) is 8.14. The number of halogens is 1. The van der Waals surface area contributed by atoms with Gasteiger partial charge in [0, 0.05) is 25.7 Å². The first-order valence-corrected chi connectivity index (χ1v) is 8.96. The molecule has 1 atom stereocenters. The number of nitrogens with zero attached hydrogens (tertiary/aromatic N) is 2. The van der Waals surface area contributed by atoms with Crippen LogP contribution in [0, 0.1) is 15.9 Å². The molecule has 1 saturated heterocycles. The average molecular weight is 379 g/mol. The Hall–Kier alpha value is -2.36. The molecule has 26 heavy (non-hydrogen) atoms. The number of hydrogen-bond donors (Lipinski definition) is 1. The third-order valence-electron chi connectivity index (χ3n) is 4.17. The second kappa shape index (κ2) is 8.35. The molecule has 0 aliphatic carbocycles. The molecule has 1 fully saturated rings. The first kappa shape index (κ1) is 18.4. The van der Waals surface area contributed by atoms with Gasteiger partial charge in [-0.1, -0.05) is 23.5 Å². The van der Waals surface area contributed by atoms with Crippen molar-refractivity contribution in [3.63, 3.8) is 0 Å². The summed E-state index contributed by atoms with van der Waals surface area (Å²) in [5.41, 5.74) is 0.768. The highest BCUT2D eigenvalue weighted by Crippen LogP contribution is 2.25. The Morgan fingerprint density at radius 1 is 1.35 bits per heavy atom. The van der Waals surface area contributed by atoms with Crippen LogP contribution >= 0.6 is 11.3 Å². The van der Waals surface area contributed by atoms with Gasteiger partial charge in [0.15, 0.2) is 0 Å². The van der Waals surface area contributed by atoms with Crippen LogP contribution in [-0.4, -0.2) is 48.6 Å². The van der Waals surface area contributed by atoms with Gasteiger partial charge >= 0.3 is 5.00 Å². The van der Waals surface area contributed by atoms with Crippen LogP contribution in [0.25, 0.3) is 0 Å². The molecular formula is C17H18FN3O4S. The summed E-state index contributed by atoms with van der Waals surface area (Å²) >= 11 is 0.830. The summed E-state index contributed by atoms with van der Waals surface area (Å²) in [6.45, 7) is 2.80. The molecule has 0 spiro atoms. The Labute approximate surface area is 153 Å². The molecule has 7 nitrogen and oxygen atoms in total. The number of benzene rings is 1. The molecule has 138 valence electrons. The van der Waals surface area contributed by atoms with Gasteiger partial charge < -0.3 is 10.1 Å². The van der Waals surface area contributed by atoms with E-state index < -0.39 is 4.92 Å². The van der Waals surface area contributed by atoms with Gasteiger partial charge in [-0.15, -0.1) is 0 Å².